The van der Waals surface area contributed by atoms with Crippen LogP contribution in [-0.2, 0) is 4.79 Å². The largest absolute Gasteiger partial charge is 0.356 e. The Morgan fingerprint density at radius 3 is 2.35 bits per heavy atom. The van der Waals surface area contributed by atoms with Crippen molar-refractivity contribution in [3.8, 4) is 0 Å². The van der Waals surface area contributed by atoms with Gasteiger partial charge in [0.2, 0.25) is 5.91 Å². The summed E-state index contributed by atoms with van der Waals surface area (Å²) in [6.45, 7) is 7.08. The van der Waals surface area contributed by atoms with Crippen molar-refractivity contribution in [2.24, 2.45) is 17.1 Å². The van der Waals surface area contributed by atoms with E-state index in [0.29, 0.717) is 12.3 Å². The first-order valence-corrected chi connectivity index (χ1v) is 8.01. The van der Waals surface area contributed by atoms with Gasteiger partial charge in [0.25, 0.3) is 0 Å². The predicted molar refractivity (Wildman–Crippen MR) is 82.4 cm³/mol. The molecule has 2 rings (SSSR count). The molecule has 4 nitrogen and oxygen atoms in total. The van der Waals surface area contributed by atoms with E-state index in [4.69, 9.17) is 5.73 Å². The molecular weight excluding hydrogens is 250 g/mol. The normalized spacial score (nSPS) is 32.1. The highest BCUT2D eigenvalue weighted by molar-refractivity contribution is 5.76. The van der Waals surface area contributed by atoms with Crippen LogP contribution in [0, 0.1) is 11.3 Å². The first-order chi connectivity index (χ1) is 9.27. The lowest BCUT2D eigenvalue weighted by Crippen LogP contribution is -2.44. The van der Waals surface area contributed by atoms with Crippen LogP contribution < -0.4 is 11.1 Å². The summed E-state index contributed by atoms with van der Waals surface area (Å²) in [7, 11) is 2.25. The number of nitrogens with two attached hydrogens (primary N) is 1. The highest BCUT2D eigenvalue weighted by Gasteiger charge is 2.38. The van der Waals surface area contributed by atoms with Crippen molar-refractivity contribution in [2.45, 2.75) is 71.0 Å². The van der Waals surface area contributed by atoms with Gasteiger partial charge in [0.05, 0.1) is 0 Å². The highest BCUT2D eigenvalue weighted by Crippen LogP contribution is 2.37. The van der Waals surface area contributed by atoms with Gasteiger partial charge in [0.1, 0.15) is 0 Å². The van der Waals surface area contributed by atoms with Crippen LogP contribution in [0.25, 0.3) is 0 Å². The number of rotatable bonds is 4. The first kappa shape index (κ1) is 15.8. The van der Waals surface area contributed by atoms with Crippen molar-refractivity contribution in [3.63, 3.8) is 0 Å². The molecule has 0 aromatic rings. The number of piperidine rings is 1. The zero-order valence-corrected chi connectivity index (χ0v) is 13.5. The number of nitrogens with one attached hydrogen (secondary N) is 1. The summed E-state index contributed by atoms with van der Waals surface area (Å²) in [4.78, 5) is 14.5. The zero-order valence-electron chi connectivity index (χ0n) is 13.5. The third-order valence-electron chi connectivity index (χ3n) is 5.30. The van der Waals surface area contributed by atoms with Gasteiger partial charge in [0, 0.05) is 31.1 Å². The van der Waals surface area contributed by atoms with E-state index in [9.17, 15) is 4.79 Å². The van der Waals surface area contributed by atoms with Crippen molar-refractivity contribution >= 4 is 5.91 Å². The Bertz CT molecular complexity index is 336. The van der Waals surface area contributed by atoms with Crippen LogP contribution in [0.4, 0.5) is 0 Å². The van der Waals surface area contributed by atoms with Crippen molar-refractivity contribution in [1.29, 1.82) is 0 Å². The van der Waals surface area contributed by atoms with Crippen molar-refractivity contribution < 1.29 is 4.79 Å². The maximum atomic E-state index is 12.0. The summed E-state index contributed by atoms with van der Waals surface area (Å²) in [5, 5.41) is 3.10. The maximum absolute atomic E-state index is 12.0. The Hall–Kier alpha value is -0.610. The van der Waals surface area contributed by atoms with Crippen LogP contribution in [-0.4, -0.2) is 42.5 Å². The molecule has 3 unspecified atom stereocenters. The second-order valence-corrected chi connectivity index (χ2v) is 7.87. The van der Waals surface area contributed by atoms with Gasteiger partial charge in [-0.05, 0) is 44.1 Å². The summed E-state index contributed by atoms with van der Waals surface area (Å²) in [5.41, 5.74) is 6.06. The van der Waals surface area contributed by atoms with Crippen LogP contribution >= 0.6 is 0 Å². The second-order valence-electron chi connectivity index (χ2n) is 7.87. The van der Waals surface area contributed by atoms with E-state index in [1.165, 1.54) is 25.7 Å². The SMILES string of the molecule is CN1C2CCC1CC(CNC(=O)CC(N)C(C)(C)C)C2. The third-order valence-corrected chi connectivity index (χ3v) is 5.30. The van der Waals surface area contributed by atoms with Crippen LogP contribution in [0.3, 0.4) is 0 Å². The molecule has 2 saturated heterocycles. The smallest absolute Gasteiger partial charge is 0.221 e. The third kappa shape index (κ3) is 3.73. The molecule has 0 spiro atoms. The van der Waals surface area contributed by atoms with Gasteiger partial charge >= 0.3 is 0 Å². The fourth-order valence-corrected chi connectivity index (χ4v) is 3.53. The average Bonchev–Trinajstić information content (AvgIpc) is 2.59. The Morgan fingerprint density at radius 2 is 1.85 bits per heavy atom. The summed E-state index contributed by atoms with van der Waals surface area (Å²) < 4.78 is 0. The van der Waals surface area contributed by atoms with E-state index in [1.807, 2.05) is 0 Å². The van der Waals surface area contributed by atoms with Gasteiger partial charge in [-0.15, -0.1) is 0 Å². The van der Waals surface area contributed by atoms with E-state index in [1.54, 1.807) is 0 Å². The molecule has 116 valence electrons. The van der Waals surface area contributed by atoms with Crippen LogP contribution in [0.1, 0.15) is 52.9 Å². The van der Waals surface area contributed by atoms with Crippen LogP contribution in [0.5, 0.6) is 0 Å². The molecule has 20 heavy (non-hydrogen) atoms. The monoisotopic (exact) mass is 281 g/mol. The maximum Gasteiger partial charge on any atom is 0.221 e. The van der Waals surface area contributed by atoms with Gasteiger partial charge in [-0.1, -0.05) is 20.8 Å². The van der Waals surface area contributed by atoms with Gasteiger partial charge in [-0.3, -0.25) is 4.79 Å². The molecule has 4 heteroatoms. The molecule has 1 amide bonds. The predicted octanol–water partition coefficient (Wildman–Crippen LogP) is 1.74. The summed E-state index contributed by atoms with van der Waals surface area (Å²) in [5.74, 6) is 0.761. The van der Waals surface area contributed by atoms with E-state index >= 15 is 0 Å². The molecule has 2 heterocycles. The zero-order chi connectivity index (χ0) is 14.9. The van der Waals surface area contributed by atoms with E-state index in [2.05, 4.69) is 38.0 Å². The van der Waals surface area contributed by atoms with Gasteiger partial charge < -0.3 is 16.0 Å². The fourth-order valence-electron chi connectivity index (χ4n) is 3.53. The molecule has 0 radical (unpaired) electrons. The molecule has 2 bridgehead atoms. The van der Waals surface area contributed by atoms with Crippen molar-refractivity contribution in [3.05, 3.63) is 0 Å². The molecule has 2 aliphatic heterocycles. The molecule has 2 aliphatic rings. The number of carbonyl (C=O) groups is 1. The minimum atomic E-state index is -0.0730. The summed E-state index contributed by atoms with van der Waals surface area (Å²) >= 11 is 0. The standard InChI is InChI=1S/C16H31N3O/c1-16(2,3)14(17)9-15(20)18-10-11-7-12-5-6-13(8-11)19(12)4/h11-14H,5-10,17H2,1-4H3,(H,18,20). The minimum Gasteiger partial charge on any atom is -0.356 e. The van der Waals surface area contributed by atoms with Gasteiger partial charge in [-0.25, -0.2) is 0 Å². The lowest BCUT2D eigenvalue weighted by atomic mass is 9.85. The van der Waals surface area contributed by atoms with Crippen molar-refractivity contribution in [1.82, 2.24) is 10.2 Å². The van der Waals surface area contributed by atoms with E-state index < -0.39 is 0 Å². The lowest BCUT2D eigenvalue weighted by molar-refractivity contribution is -0.122. The van der Waals surface area contributed by atoms with Gasteiger partial charge in [-0.2, -0.15) is 0 Å². The number of nitrogens with zero attached hydrogens (tertiary/aromatic N) is 1. The topological polar surface area (TPSA) is 58.4 Å². The fraction of sp³-hybridized carbons (Fsp3) is 0.938. The number of hydrogen-bond donors (Lipinski definition) is 2. The highest BCUT2D eigenvalue weighted by atomic mass is 16.1. The Labute approximate surface area is 123 Å². The Balaban J connectivity index is 1.72. The molecule has 0 aliphatic carbocycles. The lowest BCUT2D eigenvalue weighted by Gasteiger charge is -2.36. The molecular formula is C16H31N3O. The number of amides is 1. The second kappa shape index (κ2) is 6.02. The Morgan fingerprint density at radius 1 is 1.30 bits per heavy atom. The molecule has 2 fully saturated rings. The van der Waals surface area contributed by atoms with Crippen LogP contribution in [0.15, 0.2) is 0 Å². The quantitative estimate of drug-likeness (QED) is 0.825. The number of fused-ring (bicyclic) bond motifs is 2. The Kier molecular flexibility index (Phi) is 4.75. The molecule has 3 atom stereocenters. The van der Waals surface area contributed by atoms with Crippen LogP contribution in [0.2, 0.25) is 0 Å². The van der Waals surface area contributed by atoms with E-state index in [-0.39, 0.29) is 17.4 Å². The summed E-state index contributed by atoms with van der Waals surface area (Å²) in [6.07, 6.45) is 5.57. The van der Waals surface area contributed by atoms with Crippen molar-refractivity contribution in [2.75, 3.05) is 13.6 Å². The van der Waals surface area contributed by atoms with Gasteiger partial charge in [0.15, 0.2) is 0 Å². The molecule has 0 saturated carbocycles. The number of hydrogen-bond acceptors (Lipinski definition) is 3. The number of carbonyl (C=O) groups excluding carboxylic acids is 1. The first-order valence-electron chi connectivity index (χ1n) is 8.01. The molecule has 0 aromatic heterocycles. The molecule has 0 aromatic carbocycles. The van der Waals surface area contributed by atoms with E-state index in [0.717, 1.165) is 18.6 Å². The summed E-state index contributed by atoms with van der Waals surface area (Å²) in [6, 6.07) is 1.41. The average molecular weight is 281 g/mol. The molecule has 3 N–H and O–H groups in total. The minimum absolute atomic E-state index is 0.00992.